The van der Waals surface area contributed by atoms with Gasteiger partial charge in [-0.25, -0.2) is 0 Å². The monoisotopic (exact) mass is 348 g/mol. The maximum atomic E-state index is 12.4. The Hall–Kier alpha value is -3.12. The molecule has 4 rings (SSSR count). The highest BCUT2D eigenvalue weighted by Gasteiger charge is 2.12. The minimum atomic E-state index is -0.153. The van der Waals surface area contributed by atoms with E-state index in [4.69, 9.17) is 5.73 Å². The third-order valence-corrected chi connectivity index (χ3v) is 5.02. The van der Waals surface area contributed by atoms with Crippen molar-refractivity contribution in [1.82, 2.24) is 9.78 Å². The number of carbonyl (C=O) groups excluding carboxylic acids is 1. The zero-order valence-corrected chi connectivity index (χ0v) is 14.2. The molecule has 3 N–H and O–H groups in total. The number of para-hydroxylation sites is 3. The summed E-state index contributed by atoms with van der Waals surface area (Å²) in [7, 11) is 0. The van der Waals surface area contributed by atoms with E-state index in [1.165, 1.54) is 11.3 Å². The van der Waals surface area contributed by atoms with Crippen molar-refractivity contribution in [3.63, 3.8) is 0 Å². The quantitative estimate of drug-likeness (QED) is 0.548. The summed E-state index contributed by atoms with van der Waals surface area (Å²) < 4.78 is 1.94. The van der Waals surface area contributed by atoms with Crippen LogP contribution in [0.4, 0.5) is 11.4 Å². The summed E-state index contributed by atoms with van der Waals surface area (Å²) in [5.74, 6) is -0.153. The summed E-state index contributed by atoms with van der Waals surface area (Å²) in [6.45, 7) is 0.638. The molecule has 0 radical (unpaired) electrons. The average molecular weight is 348 g/mol. The third kappa shape index (κ3) is 3.12. The standard InChI is InChI=1S/C19H16N4OS/c20-15-6-2-3-7-16(15)22-19(24)18-10-9-14(25-18)12-23-17-8-4-1-5-13(17)11-21-23/h1-11H,12,20H2,(H,22,24). The molecule has 0 fully saturated rings. The second-order valence-corrected chi connectivity index (χ2v) is 6.84. The second-order valence-electron chi connectivity index (χ2n) is 5.67. The van der Waals surface area contributed by atoms with Crippen LogP contribution in [0, 0.1) is 0 Å². The van der Waals surface area contributed by atoms with Gasteiger partial charge in [0.2, 0.25) is 0 Å². The summed E-state index contributed by atoms with van der Waals surface area (Å²) in [6, 6.07) is 19.1. The van der Waals surface area contributed by atoms with E-state index in [0.29, 0.717) is 22.8 Å². The average Bonchev–Trinajstić information content (AvgIpc) is 3.25. The molecule has 2 heterocycles. The minimum absolute atomic E-state index is 0.153. The van der Waals surface area contributed by atoms with Crippen molar-refractivity contribution in [1.29, 1.82) is 0 Å². The van der Waals surface area contributed by atoms with Crippen LogP contribution in [0.2, 0.25) is 0 Å². The van der Waals surface area contributed by atoms with Gasteiger partial charge in [-0.05, 0) is 30.3 Å². The Morgan fingerprint density at radius 2 is 1.88 bits per heavy atom. The van der Waals surface area contributed by atoms with Gasteiger partial charge >= 0.3 is 0 Å². The SMILES string of the molecule is Nc1ccccc1NC(=O)c1ccc(Cn2ncc3ccccc32)s1. The summed E-state index contributed by atoms with van der Waals surface area (Å²) in [6.07, 6.45) is 1.86. The van der Waals surface area contributed by atoms with Gasteiger partial charge in [-0.2, -0.15) is 5.10 Å². The number of hydrogen-bond donors (Lipinski definition) is 2. The van der Waals surface area contributed by atoms with Crippen LogP contribution in [0.5, 0.6) is 0 Å². The summed E-state index contributed by atoms with van der Waals surface area (Å²) in [5, 5.41) is 8.39. The topological polar surface area (TPSA) is 72.9 Å². The van der Waals surface area contributed by atoms with Crippen molar-refractivity contribution in [2.24, 2.45) is 0 Å². The molecule has 0 aliphatic heterocycles. The van der Waals surface area contributed by atoms with Gasteiger partial charge in [0.15, 0.2) is 0 Å². The van der Waals surface area contributed by atoms with Crippen LogP contribution in [-0.2, 0) is 6.54 Å². The smallest absolute Gasteiger partial charge is 0.265 e. The lowest BCUT2D eigenvalue weighted by Crippen LogP contribution is -2.11. The molecule has 0 atom stereocenters. The maximum Gasteiger partial charge on any atom is 0.265 e. The Labute approximate surface area is 148 Å². The zero-order chi connectivity index (χ0) is 17.2. The van der Waals surface area contributed by atoms with Gasteiger partial charge in [0.1, 0.15) is 0 Å². The first-order valence-electron chi connectivity index (χ1n) is 7.86. The van der Waals surface area contributed by atoms with Gasteiger partial charge in [0, 0.05) is 10.3 Å². The predicted octanol–water partition coefficient (Wildman–Crippen LogP) is 3.98. The van der Waals surface area contributed by atoms with Crippen LogP contribution in [0.3, 0.4) is 0 Å². The van der Waals surface area contributed by atoms with Crippen molar-refractivity contribution in [3.8, 4) is 0 Å². The van der Waals surface area contributed by atoms with E-state index in [1.54, 1.807) is 12.1 Å². The van der Waals surface area contributed by atoms with E-state index < -0.39 is 0 Å². The van der Waals surface area contributed by atoms with Crippen LogP contribution in [-0.4, -0.2) is 15.7 Å². The van der Waals surface area contributed by atoms with Crippen LogP contribution in [0.1, 0.15) is 14.5 Å². The number of hydrogen-bond acceptors (Lipinski definition) is 4. The number of nitrogens with two attached hydrogens (primary N) is 1. The number of amides is 1. The first kappa shape index (κ1) is 15.4. The first-order chi connectivity index (χ1) is 12.2. The zero-order valence-electron chi connectivity index (χ0n) is 13.3. The van der Waals surface area contributed by atoms with E-state index in [2.05, 4.69) is 10.4 Å². The van der Waals surface area contributed by atoms with Gasteiger partial charge in [-0.3, -0.25) is 9.48 Å². The summed E-state index contributed by atoms with van der Waals surface area (Å²) in [5.41, 5.74) is 8.13. The van der Waals surface area contributed by atoms with E-state index >= 15 is 0 Å². The third-order valence-electron chi connectivity index (χ3n) is 3.95. The molecule has 0 aliphatic rings. The molecule has 4 aromatic rings. The van der Waals surface area contributed by atoms with Gasteiger partial charge in [-0.15, -0.1) is 11.3 Å². The number of nitrogens with one attached hydrogen (secondary N) is 1. The lowest BCUT2D eigenvalue weighted by Gasteiger charge is -2.06. The van der Waals surface area contributed by atoms with Crippen molar-refractivity contribution in [2.75, 3.05) is 11.1 Å². The number of thiophene rings is 1. The Morgan fingerprint density at radius 1 is 1.08 bits per heavy atom. The van der Waals surface area contributed by atoms with Crippen LogP contribution < -0.4 is 11.1 Å². The molecule has 124 valence electrons. The fourth-order valence-electron chi connectivity index (χ4n) is 2.68. The van der Waals surface area contributed by atoms with E-state index in [9.17, 15) is 4.79 Å². The maximum absolute atomic E-state index is 12.4. The molecular formula is C19H16N4OS. The van der Waals surface area contributed by atoms with Crippen molar-refractivity contribution in [2.45, 2.75) is 6.54 Å². The number of fused-ring (bicyclic) bond motifs is 1. The van der Waals surface area contributed by atoms with Crippen molar-refractivity contribution < 1.29 is 4.79 Å². The number of rotatable bonds is 4. The molecule has 1 amide bonds. The molecule has 5 nitrogen and oxygen atoms in total. The highest BCUT2D eigenvalue weighted by molar-refractivity contribution is 7.14. The number of benzene rings is 2. The van der Waals surface area contributed by atoms with Gasteiger partial charge in [0.05, 0.1) is 34.5 Å². The van der Waals surface area contributed by atoms with E-state index in [1.807, 2.05) is 59.4 Å². The molecule has 0 saturated carbocycles. The number of nitrogens with zero attached hydrogens (tertiary/aromatic N) is 2. The number of aromatic nitrogens is 2. The van der Waals surface area contributed by atoms with Crippen LogP contribution in [0.25, 0.3) is 10.9 Å². The largest absolute Gasteiger partial charge is 0.397 e. The van der Waals surface area contributed by atoms with Crippen LogP contribution >= 0.6 is 11.3 Å². The fraction of sp³-hybridized carbons (Fsp3) is 0.0526. The number of anilines is 2. The Morgan fingerprint density at radius 3 is 2.76 bits per heavy atom. The van der Waals surface area contributed by atoms with Crippen LogP contribution in [0.15, 0.2) is 66.9 Å². The number of nitrogen functional groups attached to an aromatic ring is 1. The Balaban J connectivity index is 1.52. The molecule has 0 unspecified atom stereocenters. The van der Waals surface area contributed by atoms with Crippen molar-refractivity contribution >= 4 is 39.5 Å². The van der Waals surface area contributed by atoms with Crippen molar-refractivity contribution in [3.05, 3.63) is 76.6 Å². The fourth-order valence-corrected chi connectivity index (χ4v) is 3.56. The second kappa shape index (κ2) is 6.41. The van der Waals surface area contributed by atoms with Gasteiger partial charge < -0.3 is 11.1 Å². The lowest BCUT2D eigenvalue weighted by molar-refractivity contribution is 0.103. The summed E-state index contributed by atoms with van der Waals surface area (Å²) in [4.78, 5) is 14.1. The summed E-state index contributed by atoms with van der Waals surface area (Å²) >= 11 is 1.46. The normalized spacial score (nSPS) is 10.9. The molecule has 0 saturated heterocycles. The molecule has 6 heteroatoms. The molecule has 2 aromatic carbocycles. The Bertz CT molecular complexity index is 1050. The van der Waals surface area contributed by atoms with E-state index in [-0.39, 0.29) is 5.91 Å². The van der Waals surface area contributed by atoms with Gasteiger partial charge in [0.25, 0.3) is 5.91 Å². The van der Waals surface area contributed by atoms with Gasteiger partial charge in [-0.1, -0.05) is 30.3 Å². The predicted molar refractivity (Wildman–Crippen MR) is 102 cm³/mol. The molecule has 2 aromatic heterocycles. The molecule has 0 bridgehead atoms. The lowest BCUT2D eigenvalue weighted by atomic mass is 10.2. The first-order valence-corrected chi connectivity index (χ1v) is 8.67. The highest BCUT2D eigenvalue weighted by Crippen LogP contribution is 2.23. The number of carbonyl (C=O) groups is 1. The highest BCUT2D eigenvalue weighted by atomic mass is 32.1. The molecule has 0 aliphatic carbocycles. The molecule has 0 spiro atoms. The Kier molecular flexibility index (Phi) is 3.95. The molecular weight excluding hydrogens is 332 g/mol. The molecule has 25 heavy (non-hydrogen) atoms. The minimum Gasteiger partial charge on any atom is -0.397 e. The van der Waals surface area contributed by atoms with E-state index in [0.717, 1.165) is 15.8 Å².